The summed E-state index contributed by atoms with van der Waals surface area (Å²) in [5.74, 6) is 1.74. The summed E-state index contributed by atoms with van der Waals surface area (Å²) in [7, 11) is 0. The number of fused-ring (bicyclic) bond motifs is 1. The molecule has 0 spiro atoms. The number of nitrogens with zero attached hydrogens (tertiary/aromatic N) is 5. The van der Waals surface area contributed by atoms with Gasteiger partial charge < -0.3 is 4.52 Å². The summed E-state index contributed by atoms with van der Waals surface area (Å²) in [6.45, 7) is 0. The maximum absolute atomic E-state index is 5.35. The number of halogens is 1. The summed E-state index contributed by atoms with van der Waals surface area (Å²) in [4.78, 5) is 8.73. The Balaban J connectivity index is 1.84. The van der Waals surface area contributed by atoms with Crippen LogP contribution in [0.4, 0.5) is 0 Å². The minimum absolute atomic E-state index is 0.433. The van der Waals surface area contributed by atoms with Crippen molar-refractivity contribution in [2.75, 3.05) is 0 Å². The van der Waals surface area contributed by atoms with E-state index in [4.69, 9.17) is 4.52 Å². The Morgan fingerprint density at radius 1 is 1.37 bits per heavy atom. The number of rotatable bonds is 2. The van der Waals surface area contributed by atoms with Gasteiger partial charge in [-0.15, -0.1) is 0 Å². The molecule has 0 aromatic carbocycles. The maximum Gasteiger partial charge on any atom is 0.230 e. The summed E-state index contributed by atoms with van der Waals surface area (Å²) in [5.41, 5.74) is 1.55. The van der Waals surface area contributed by atoms with Gasteiger partial charge in [-0.05, 0) is 34.8 Å². The molecule has 3 aromatic rings. The van der Waals surface area contributed by atoms with Crippen LogP contribution < -0.4 is 0 Å². The average Bonchev–Trinajstić information content (AvgIpc) is 2.93. The topological polar surface area (TPSA) is 69.1 Å². The van der Waals surface area contributed by atoms with Crippen LogP contribution in [-0.2, 0) is 0 Å². The third-order valence-corrected chi connectivity index (χ3v) is 3.91. The monoisotopic (exact) mass is 319 g/mol. The Bertz CT molecular complexity index is 746. The van der Waals surface area contributed by atoms with Gasteiger partial charge in [0.25, 0.3) is 0 Å². The fourth-order valence-electron chi connectivity index (χ4n) is 2.22. The number of hydrogen-bond acceptors (Lipinski definition) is 5. The minimum atomic E-state index is 0.433. The molecule has 19 heavy (non-hydrogen) atoms. The van der Waals surface area contributed by atoms with E-state index >= 15 is 0 Å². The lowest BCUT2D eigenvalue weighted by Gasteiger charge is -2.20. The van der Waals surface area contributed by atoms with E-state index in [2.05, 4.69) is 36.2 Å². The van der Waals surface area contributed by atoms with Crippen LogP contribution in [0.5, 0.6) is 0 Å². The van der Waals surface area contributed by atoms with Crippen molar-refractivity contribution in [2.24, 2.45) is 0 Å². The highest BCUT2D eigenvalue weighted by Crippen LogP contribution is 2.36. The molecule has 7 heteroatoms. The molecule has 1 aliphatic rings. The molecule has 1 fully saturated rings. The lowest BCUT2D eigenvalue weighted by molar-refractivity contribution is 0.292. The number of hydrogen-bond donors (Lipinski definition) is 0. The summed E-state index contributed by atoms with van der Waals surface area (Å²) in [6, 6.07) is 1.93. The van der Waals surface area contributed by atoms with Crippen molar-refractivity contribution >= 4 is 21.6 Å². The fraction of sp³-hybridized carbons (Fsp3) is 0.333. The molecule has 0 N–H and O–H groups in total. The van der Waals surface area contributed by atoms with Crippen molar-refractivity contribution in [3.8, 4) is 11.4 Å². The van der Waals surface area contributed by atoms with Crippen LogP contribution in [-0.4, -0.2) is 24.7 Å². The summed E-state index contributed by atoms with van der Waals surface area (Å²) >= 11 is 3.45. The zero-order valence-corrected chi connectivity index (χ0v) is 11.5. The van der Waals surface area contributed by atoms with Gasteiger partial charge in [-0.1, -0.05) is 11.6 Å². The van der Waals surface area contributed by atoms with Crippen LogP contribution in [0.2, 0.25) is 0 Å². The van der Waals surface area contributed by atoms with E-state index in [9.17, 15) is 0 Å². The number of aromatic nitrogens is 5. The van der Waals surface area contributed by atoms with Crippen molar-refractivity contribution in [3.05, 3.63) is 29.0 Å². The second-order valence-corrected chi connectivity index (χ2v) is 5.60. The molecular formula is C12H10BrN5O. The molecule has 1 aliphatic carbocycles. The standard InChI is InChI=1S/C12H10BrN5O/c13-8-4-9(11-14-6-15-18(11)5-8)10-16-12(19-17-10)7-2-1-3-7/h4-7H,1-3H2. The summed E-state index contributed by atoms with van der Waals surface area (Å²) < 4.78 is 7.95. The summed E-state index contributed by atoms with van der Waals surface area (Å²) in [6.07, 6.45) is 6.88. The molecule has 0 saturated heterocycles. The van der Waals surface area contributed by atoms with Crippen LogP contribution >= 0.6 is 15.9 Å². The molecule has 0 atom stereocenters. The molecule has 96 valence electrons. The maximum atomic E-state index is 5.35. The lowest BCUT2D eigenvalue weighted by atomic mass is 9.85. The van der Waals surface area contributed by atoms with Gasteiger partial charge in [0.05, 0.1) is 5.56 Å². The normalized spacial score (nSPS) is 15.8. The molecule has 0 radical (unpaired) electrons. The fourth-order valence-corrected chi connectivity index (χ4v) is 2.65. The molecule has 3 aromatic heterocycles. The van der Waals surface area contributed by atoms with Gasteiger partial charge in [-0.25, -0.2) is 9.50 Å². The average molecular weight is 320 g/mol. The molecule has 0 amide bonds. The Labute approximate surface area is 117 Å². The Morgan fingerprint density at radius 2 is 2.26 bits per heavy atom. The van der Waals surface area contributed by atoms with Gasteiger partial charge in [-0.2, -0.15) is 10.1 Å². The minimum Gasteiger partial charge on any atom is -0.339 e. The largest absolute Gasteiger partial charge is 0.339 e. The third-order valence-electron chi connectivity index (χ3n) is 3.48. The van der Waals surface area contributed by atoms with Crippen molar-refractivity contribution < 1.29 is 4.52 Å². The van der Waals surface area contributed by atoms with Crippen molar-refractivity contribution in [3.63, 3.8) is 0 Å². The van der Waals surface area contributed by atoms with E-state index in [0.717, 1.165) is 34.4 Å². The third kappa shape index (κ3) is 1.76. The van der Waals surface area contributed by atoms with Crippen LogP contribution in [0.15, 0.2) is 27.6 Å². The van der Waals surface area contributed by atoms with E-state index < -0.39 is 0 Å². The van der Waals surface area contributed by atoms with E-state index in [1.54, 1.807) is 4.52 Å². The van der Waals surface area contributed by atoms with Crippen LogP contribution in [0, 0.1) is 0 Å². The lowest BCUT2D eigenvalue weighted by Crippen LogP contribution is -2.08. The SMILES string of the molecule is Brc1cc(-c2noc(C3CCC3)n2)c2ncnn2c1. The van der Waals surface area contributed by atoms with E-state index in [1.807, 2.05) is 12.3 Å². The highest BCUT2D eigenvalue weighted by molar-refractivity contribution is 9.10. The first-order chi connectivity index (χ1) is 9.31. The Kier molecular flexibility index (Phi) is 2.41. The van der Waals surface area contributed by atoms with Crippen LogP contribution in [0.3, 0.4) is 0 Å². The first-order valence-electron chi connectivity index (χ1n) is 6.14. The zero-order chi connectivity index (χ0) is 12.8. The molecule has 0 unspecified atom stereocenters. The summed E-state index contributed by atoms with van der Waals surface area (Å²) in [5, 5.41) is 8.20. The van der Waals surface area contributed by atoms with Gasteiger partial charge >= 0.3 is 0 Å². The molecule has 1 saturated carbocycles. The van der Waals surface area contributed by atoms with Crippen LogP contribution in [0.1, 0.15) is 31.1 Å². The molecule has 0 bridgehead atoms. The predicted octanol–water partition coefficient (Wildman–Crippen LogP) is 2.81. The zero-order valence-electron chi connectivity index (χ0n) is 9.95. The molecule has 4 rings (SSSR count). The molecule has 6 nitrogen and oxygen atoms in total. The van der Waals surface area contributed by atoms with Crippen molar-refractivity contribution in [1.29, 1.82) is 0 Å². The second kappa shape index (κ2) is 4.12. The van der Waals surface area contributed by atoms with E-state index in [1.165, 1.54) is 12.7 Å². The van der Waals surface area contributed by atoms with Crippen molar-refractivity contribution in [1.82, 2.24) is 24.7 Å². The van der Waals surface area contributed by atoms with Gasteiger partial charge in [-0.3, -0.25) is 0 Å². The number of pyridine rings is 1. The quantitative estimate of drug-likeness (QED) is 0.726. The molecule has 3 heterocycles. The highest BCUT2D eigenvalue weighted by atomic mass is 79.9. The van der Waals surface area contributed by atoms with Gasteiger partial charge in [0.15, 0.2) is 5.65 Å². The van der Waals surface area contributed by atoms with E-state index in [-0.39, 0.29) is 0 Å². The van der Waals surface area contributed by atoms with Gasteiger partial charge in [0.2, 0.25) is 11.7 Å². The predicted molar refractivity (Wildman–Crippen MR) is 70.6 cm³/mol. The molecular weight excluding hydrogens is 310 g/mol. The second-order valence-electron chi connectivity index (χ2n) is 4.68. The van der Waals surface area contributed by atoms with Crippen LogP contribution in [0.25, 0.3) is 17.0 Å². The van der Waals surface area contributed by atoms with Gasteiger partial charge in [0.1, 0.15) is 6.33 Å². The first-order valence-corrected chi connectivity index (χ1v) is 6.93. The van der Waals surface area contributed by atoms with E-state index in [0.29, 0.717) is 11.7 Å². The first kappa shape index (κ1) is 11.1. The smallest absolute Gasteiger partial charge is 0.230 e. The molecule has 0 aliphatic heterocycles. The Morgan fingerprint density at radius 3 is 3.05 bits per heavy atom. The Hall–Kier alpha value is -1.76. The van der Waals surface area contributed by atoms with Gasteiger partial charge in [0, 0.05) is 16.6 Å². The highest BCUT2D eigenvalue weighted by Gasteiger charge is 2.26. The van der Waals surface area contributed by atoms with Crippen molar-refractivity contribution in [2.45, 2.75) is 25.2 Å².